The van der Waals surface area contributed by atoms with Crippen LogP contribution in [0.3, 0.4) is 0 Å². The minimum atomic E-state index is -0.995. The zero-order valence-electron chi connectivity index (χ0n) is 10.1. The Morgan fingerprint density at radius 2 is 1.74 bits per heavy atom. The van der Waals surface area contributed by atoms with Crippen LogP contribution in [0.15, 0.2) is 30.3 Å². The Morgan fingerprint density at radius 1 is 1.11 bits per heavy atom. The SMILES string of the molecule is Cc1cccc(Oc2c(F)cc(CO)cc2F)c1F. The van der Waals surface area contributed by atoms with Gasteiger partial charge in [0.25, 0.3) is 0 Å². The van der Waals surface area contributed by atoms with E-state index < -0.39 is 29.8 Å². The van der Waals surface area contributed by atoms with Gasteiger partial charge in [0.15, 0.2) is 29.0 Å². The van der Waals surface area contributed by atoms with Gasteiger partial charge in [-0.3, -0.25) is 0 Å². The maximum absolute atomic E-state index is 13.7. The summed E-state index contributed by atoms with van der Waals surface area (Å²) in [6, 6.07) is 6.19. The lowest BCUT2D eigenvalue weighted by molar-refractivity contribution is 0.279. The zero-order chi connectivity index (χ0) is 14.0. The van der Waals surface area contributed by atoms with E-state index in [0.29, 0.717) is 5.56 Å². The predicted molar refractivity (Wildman–Crippen MR) is 63.5 cm³/mol. The molecule has 2 rings (SSSR count). The van der Waals surface area contributed by atoms with Gasteiger partial charge in [-0.1, -0.05) is 12.1 Å². The molecule has 0 saturated carbocycles. The van der Waals surface area contributed by atoms with Gasteiger partial charge in [-0.05, 0) is 36.2 Å². The third-order valence-electron chi connectivity index (χ3n) is 2.61. The van der Waals surface area contributed by atoms with Crippen LogP contribution in [0.25, 0.3) is 0 Å². The van der Waals surface area contributed by atoms with Gasteiger partial charge in [0.1, 0.15) is 0 Å². The fraction of sp³-hybridized carbons (Fsp3) is 0.143. The molecule has 2 nitrogen and oxygen atoms in total. The lowest BCUT2D eigenvalue weighted by Gasteiger charge is -2.10. The number of rotatable bonds is 3. The van der Waals surface area contributed by atoms with E-state index in [2.05, 4.69) is 0 Å². The molecule has 0 atom stereocenters. The van der Waals surface area contributed by atoms with E-state index in [0.717, 1.165) is 12.1 Å². The van der Waals surface area contributed by atoms with Gasteiger partial charge in [0.2, 0.25) is 0 Å². The van der Waals surface area contributed by atoms with Crippen molar-refractivity contribution in [1.29, 1.82) is 0 Å². The Balaban J connectivity index is 2.41. The van der Waals surface area contributed by atoms with Crippen molar-refractivity contribution in [3.05, 3.63) is 58.9 Å². The topological polar surface area (TPSA) is 29.5 Å². The first kappa shape index (κ1) is 13.4. The van der Waals surface area contributed by atoms with Crippen molar-refractivity contribution in [1.82, 2.24) is 0 Å². The van der Waals surface area contributed by atoms with Gasteiger partial charge >= 0.3 is 0 Å². The van der Waals surface area contributed by atoms with Gasteiger partial charge in [-0.2, -0.15) is 0 Å². The van der Waals surface area contributed by atoms with E-state index in [1.54, 1.807) is 0 Å². The summed E-state index contributed by atoms with van der Waals surface area (Å²) >= 11 is 0. The van der Waals surface area contributed by atoms with E-state index in [4.69, 9.17) is 9.84 Å². The number of aliphatic hydroxyl groups is 1. The van der Waals surface area contributed by atoms with Crippen molar-refractivity contribution in [2.45, 2.75) is 13.5 Å². The number of aryl methyl sites for hydroxylation is 1. The van der Waals surface area contributed by atoms with Crippen molar-refractivity contribution in [3.63, 3.8) is 0 Å². The van der Waals surface area contributed by atoms with E-state index in [1.807, 2.05) is 0 Å². The molecule has 0 aromatic heterocycles. The Bertz CT molecular complexity index is 589. The molecule has 0 heterocycles. The highest BCUT2D eigenvalue weighted by molar-refractivity contribution is 5.38. The van der Waals surface area contributed by atoms with Crippen molar-refractivity contribution < 1.29 is 23.0 Å². The van der Waals surface area contributed by atoms with Crippen LogP contribution in [0.1, 0.15) is 11.1 Å². The molecule has 0 saturated heterocycles. The highest BCUT2D eigenvalue weighted by Crippen LogP contribution is 2.31. The standard InChI is InChI=1S/C14H11F3O2/c1-8-3-2-4-12(13(8)17)19-14-10(15)5-9(7-18)6-11(14)16/h2-6,18H,7H2,1H3. The highest BCUT2D eigenvalue weighted by Gasteiger charge is 2.16. The molecular formula is C14H11F3O2. The molecule has 0 aliphatic carbocycles. The van der Waals surface area contributed by atoms with E-state index >= 15 is 0 Å². The summed E-state index contributed by atoms with van der Waals surface area (Å²) in [5, 5.41) is 8.81. The van der Waals surface area contributed by atoms with E-state index in [-0.39, 0.29) is 11.3 Å². The van der Waals surface area contributed by atoms with E-state index in [9.17, 15) is 13.2 Å². The Labute approximate surface area is 108 Å². The maximum atomic E-state index is 13.7. The fourth-order valence-electron chi connectivity index (χ4n) is 1.61. The smallest absolute Gasteiger partial charge is 0.198 e. The molecule has 0 unspecified atom stereocenters. The minimum absolute atomic E-state index is 0.0760. The van der Waals surface area contributed by atoms with Gasteiger partial charge in [-0.15, -0.1) is 0 Å². The van der Waals surface area contributed by atoms with Gasteiger partial charge < -0.3 is 9.84 Å². The molecule has 0 amide bonds. The van der Waals surface area contributed by atoms with Crippen molar-refractivity contribution in [2.24, 2.45) is 0 Å². The average molecular weight is 268 g/mol. The number of hydrogen-bond acceptors (Lipinski definition) is 2. The zero-order valence-corrected chi connectivity index (χ0v) is 10.1. The third kappa shape index (κ3) is 2.71. The van der Waals surface area contributed by atoms with Crippen molar-refractivity contribution in [3.8, 4) is 11.5 Å². The van der Waals surface area contributed by atoms with Crippen molar-refractivity contribution >= 4 is 0 Å². The molecule has 0 aliphatic heterocycles. The van der Waals surface area contributed by atoms with Gasteiger partial charge in [0.05, 0.1) is 6.61 Å². The van der Waals surface area contributed by atoms with E-state index in [1.165, 1.54) is 25.1 Å². The number of benzene rings is 2. The first-order chi connectivity index (χ1) is 9.02. The summed E-state index contributed by atoms with van der Waals surface area (Å²) in [5.74, 6) is -3.61. The number of ether oxygens (including phenoxy) is 1. The highest BCUT2D eigenvalue weighted by atomic mass is 19.1. The molecule has 1 N–H and O–H groups in total. The summed E-state index contributed by atoms with van der Waals surface area (Å²) in [7, 11) is 0. The van der Waals surface area contributed by atoms with Gasteiger partial charge in [-0.25, -0.2) is 13.2 Å². The quantitative estimate of drug-likeness (QED) is 0.919. The lowest BCUT2D eigenvalue weighted by Crippen LogP contribution is -1.98. The summed E-state index contributed by atoms with van der Waals surface area (Å²) in [5.41, 5.74) is 0.386. The molecular weight excluding hydrogens is 257 g/mol. The van der Waals surface area contributed by atoms with Gasteiger partial charge in [0, 0.05) is 0 Å². The molecule has 0 fully saturated rings. The molecule has 2 aromatic carbocycles. The molecule has 0 bridgehead atoms. The summed E-state index contributed by atoms with van der Waals surface area (Å²) in [4.78, 5) is 0. The first-order valence-electron chi connectivity index (χ1n) is 5.54. The van der Waals surface area contributed by atoms with Crippen LogP contribution in [0.5, 0.6) is 11.5 Å². The largest absolute Gasteiger partial charge is 0.448 e. The van der Waals surface area contributed by atoms with Crippen LogP contribution in [-0.4, -0.2) is 5.11 Å². The molecule has 19 heavy (non-hydrogen) atoms. The molecule has 2 aromatic rings. The monoisotopic (exact) mass is 268 g/mol. The van der Waals surface area contributed by atoms with Crippen molar-refractivity contribution in [2.75, 3.05) is 0 Å². The van der Waals surface area contributed by atoms with Crippen LogP contribution in [0, 0.1) is 24.4 Å². The Hall–Kier alpha value is -2.01. The molecule has 0 spiro atoms. The van der Waals surface area contributed by atoms with Crippen LogP contribution < -0.4 is 4.74 Å². The second kappa shape index (κ2) is 5.32. The molecule has 5 heteroatoms. The predicted octanol–water partition coefficient (Wildman–Crippen LogP) is 3.70. The number of hydrogen-bond donors (Lipinski definition) is 1. The van der Waals surface area contributed by atoms with Crippen LogP contribution in [0.2, 0.25) is 0 Å². The molecule has 100 valence electrons. The Morgan fingerprint density at radius 3 is 2.32 bits per heavy atom. The fourth-order valence-corrected chi connectivity index (χ4v) is 1.61. The minimum Gasteiger partial charge on any atom is -0.448 e. The normalized spacial score (nSPS) is 10.6. The van der Waals surface area contributed by atoms with Crippen LogP contribution >= 0.6 is 0 Å². The summed E-state index contributed by atoms with van der Waals surface area (Å²) in [6.45, 7) is 1.02. The molecule has 0 aliphatic rings. The number of halogens is 3. The van der Waals surface area contributed by atoms with Crippen LogP contribution in [0.4, 0.5) is 13.2 Å². The molecule has 0 radical (unpaired) electrons. The maximum Gasteiger partial charge on any atom is 0.198 e. The van der Waals surface area contributed by atoms with Crippen LogP contribution in [-0.2, 0) is 6.61 Å². The average Bonchev–Trinajstić information content (AvgIpc) is 2.38. The summed E-state index contributed by atoms with van der Waals surface area (Å²) in [6.07, 6.45) is 0. The summed E-state index contributed by atoms with van der Waals surface area (Å²) < 4.78 is 45.9. The Kier molecular flexibility index (Phi) is 3.76. The number of aliphatic hydroxyl groups excluding tert-OH is 1. The third-order valence-corrected chi connectivity index (χ3v) is 2.61. The first-order valence-corrected chi connectivity index (χ1v) is 5.54. The second-order valence-electron chi connectivity index (χ2n) is 4.04. The second-order valence-corrected chi connectivity index (χ2v) is 4.04. The lowest BCUT2D eigenvalue weighted by atomic mass is 10.2.